The van der Waals surface area contributed by atoms with Crippen LogP contribution < -0.4 is 0 Å². The van der Waals surface area contributed by atoms with Gasteiger partial charge in [-0.2, -0.15) is 0 Å². The predicted octanol–water partition coefficient (Wildman–Crippen LogP) is 2.52. The van der Waals surface area contributed by atoms with Crippen molar-refractivity contribution in [3.63, 3.8) is 0 Å². The summed E-state index contributed by atoms with van der Waals surface area (Å²) in [5, 5.41) is 0. The van der Waals surface area contributed by atoms with Gasteiger partial charge in [-0.05, 0) is 26.7 Å². The van der Waals surface area contributed by atoms with Gasteiger partial charge in [-0.15, -0.1) is 0 Å². The summed E-state index contributed by atoms with van der Waals surface area (Å²) >= 11 is 0. The van der Waals surface area contributed by atoms with Crippen LogP contribution in [0.5, 0.6) is 0 Å². The maximum absolute atomic E-state index is 11.5. The summed E-state index contributed by atoms with van der Waals surface area (Å²) < 4.78 is 31.5. The first-order chi connectivity index (χ1) is 13.5. The van der Waals surface area contributed by atoms with Crippen LogP contribution in [0.1, 0.15) is 53.4 Å². The van der Waals surface area contributed by atoms with E-state index in [1.165, 1.54) is 0 Å². The molecule has 0 rings (SSSR count). The highest BCUT2D eigenvalue weighted by molar-refractivity contribution is 5.77. The molecule has 28 heavy (non-hydrogen) atoms. The number of carbonyl (C=O) groups excluding carboxylic acids is 2. The maximum atomic E-state index is 11.5. The monoisotopic (exact) mass is 406 g/mol. The van der Waals surface area contributed by atoms with Gasteiger partial charge in [-0.25, -0.2) is 0 Å². The zero-order chi connectivity index (χ0) is 21.0. The van der Waals surface area contributed by atoms with Gasteiger partial charge < -0.3 is 28.4 Å². The molecule has 0 bridgehead atoms. The Morgan fingerprint density at radius 3 is 1.32 bits per heavy atom. The third-order valence-electron chi connectivity index (χ3n) is 3.92. The molecule has 0 spiro atoms. The minimum absolute atomic E-state index is 0.0143. The van der Waals surface area contributed by atoms with Crippen molar-refractivity contribution in [3.8, 4) is 0 Å². The Morgan fingerprint density at radius 1 is 0.607 bits per heavy atom. The lowest BCUT2D eigenvalue weighted by Gasteiger charge is -2.11. The summed E-state index contributed by atoms with van der Waals surface area (Å²) in [6.07, 6.45) is 2.33. The third-order valence-corrected chi connectivity index (χ3v) is 3.92. The summed E-state index contributed by atoms with van der Waals surface area (Å²) in [7, 11) is 0. The van der Waals surface area contributed by atoms with E-state index in [1.807, 2.05) is 13.8 Å². The molecule has 0 aliphatic heterocycles. The Morgan fingerprint density at radius 2 is 0.964 bits per heavy atom. The fourth-order valence-electron chi connectivity index (χ4n) is 1.83. The van der Waals surface area contributed by atoms with Gasteiger partial charge in [0.1, 0.15) is 13.2 Å². The minimum Gasteiger partial charge on any atom is -0.463 e. The Kier molecular flexibility index (Phi) is 18.3. The lowest BCUT2D eigenvalue weighted by Crippen LogP contribution is -2.17. The summed E-state index contributed by atoms with van der Waals surface area (Å²) in [5.41, 5.74) is 0. The number of esters is 2. The SMILES string of the molecule is CCC(C)OCCOCCOC(=O)CCC(=O)OCCOCCOC(C)CC. The van der Waals surface area contributed by atoms with Crippen LogP contribution in [-0.2, 0) is 38.0 Å². The molecular weight excluding hydrogens is 368 g/mol. The number of ether oxygens (including phenoxy) is 6. The summed E-state index contributed by atoms with van der Waals surface area (Å²) in [6, 6.07) is 0. The molecule has 0 radical (unpaired) electrons. The fourth-order valence-corrected chi connectivity index (χ4v) is 1.83. The molecule has 0 aromatic heterocycles. The Labute approximate surface area is 169 Å². The Hall–Kier alpha value is -1.22. The summed E-state index contributed by atoms with van der Waals surface area (Å²) in [6.45, 7) is 11.0. The van der Waals surface area contributed by atoms with Crippen molar-refractivity contribution in [2.45, 2.75) is 65.6 Å². The normalized spacial score (nSPS) is 13.1. The van der Waals surface area contributed by atoms with Crippen molar-refractivity contribution in [1.29, 1.82) is 0 Å². The number of hydrogen-bond donors (Lipinski definition) is 0. The van der Waals surface area contributed by atoms with E-state index in [9.17, 15) is 9.59 Å². The Balaban J connectivity index is 3.40. The maximum Gasteiger partial charge on any atom is 0.306 e. The van der Waals surface area contributed by atoms with Crippen LogP contribution in [0.3, 0.4) is 0 Å². The van der Waals surface area contributed by atoms with Gasteiger partial charge in [-0.1, -0.05) is 13.8 Å². The van der Waals surface area contributed by atoms with Gasteiger partial charge >= 0.3 is 11.9 Å². The molecule has 8 heteroatoms. The topological polar surface area (TPSA) is 89.5 Å². The first kappa shape index (κ1) is 26.8. The quantitative estimate of drug-likeness (QED) is 0.239. The van der Waals surface area contributed by atoms with E-state index in [1.54, 1.807) is 0 Å². The van der Waals surface area contributed by atoms with Crippen LogP contribution in [0.2, 0.25) is 0 Å². The molecule has 166 valence electrons. The van der Waals surface area contributed by atoms with E-state index >= 15 is 0 Å². The molecule has 8 nitrogen and oxygen atoms in total. The van der Waals surface area contributed by atoms with Crippen LogP contribution in [0.4, 0.5) is 0 Å². The average molecular weight is 407 g/mol. The fraction of sp³-hybridized carbons (Fsp3) is 0.900. The molecule has 0 amide bonds. The average Bonchev–Trinajstić information content (AvgIpc) is 2.70. The molecule has 0 saturated heterocycles. The van der Waals surface area contributed by atoms with Gasteiger partial charge in [0.05, 0.1) is 64.7 Å². The van der Waals surface area contributed by atoms with E-state index in [0.717, 1.165) is 12.8 Å². The Bertz CT molecular complexity index is 352. The molecule has 0 saturated carbocycles. The lowest BCUT2D eigenvalue weighted by molar-refractivity contribution is -0.152. The van der Waals surface area contributed by atoms with Crippen molar-refractivity contribution >= 4 is 11.9 Å². The van der Waals surface area contributed by atoms with Gasteiger partial charge in [0, 0.05) is 0 Å². The minimum atomic E-state index is -0.449. The molecular formula is C20H38O8. The van der Waals surface area contributed by atoms with E-state index in [2.05, 4.69) is 13.8 Å². The van der Waals surface area contributed by atoms with Gasteiger partial charge in [0.15, 0.2) is 0 Å². The van der Waals surface area contributed by atoms with Crippen molar-refractivity contribution in [1.82, 2.24) is 0 Å². The zero-order valence-corrected chi connectivity index (χ0v) is 17.9. The van der Waals surface area contributed by atoms with Crippen molar-refractivity contribution in [2.75, 3.05) is 52.9 Å². The summed E-state index contributed by atoms with van der Waals surface area (Å²) in [4.78, 5) is 23.1. The highest BCUT2D eigenvalue weighted by Gasteiger charge is 2.09. The molecule has 2 atom stereocenters. The molecule has 0 fully saturated rings. The van der Waals surface area contributed by atoms with Crippen LogP contribution in [0, 0.1) is 0 Å². The standard InChI is InChI=1S/C20H38O8/c1-5-17(3)25-13-9-23-11-15-27-19(21)7-8-20(22)28-16-12-24-10-14-26-18(4)6-2/h17-18H,5-16H2,1-4H3. The van der Waals surface area contributed by atoms with Crippen molar-refractivity contribution in [2.24, 2.45) is 0 Å². The smallest absolute Gasteiger partial charge is 0.306 e. The van der Waals surface area contributed by atoms with Gasteiger partial charge in [-0.3, -0.25) is 9.59 Å². The second-order valence-corrected chi connectivity index (χ2v) is 6.34. The molecule has 0 N–H and O–H groups in total. The zero-order valence-electron chi connectivity index (χ0n) is 17.9. The first-order valence-electron chi connectivity index (χ1n) is 10.2. The second-order valence-electron chi connectivity index (χ2n) is 6.34. The van der Waals surface area contributed by atoms with Gasteiger partial charge in [0.25, 0.3) is 0 Å². The van der Waals surface area contributed by atoms with E-state index < -0.39 is 11.9 Å². The van der Waals surface area contributed by atoms with Crippen molar-refractivity contribution in [3.05, 3.63) is 0 Å². The molecule has 0 aliphatic rings. The van der Waals surface area contributed by atoms with Crippen molar-refractivity contribution < 1.29 is 38.0 Å². The second kappa shape index (κ2) is 19.1. The van der Waals surface area contributed by atoms with Crippen LogP contribution in [0.15, 0.2) is 0 Å². The van der Waals surface area contributed by atoms with E-state index in [0.29, 0.717) is 39.6 Å². The van der Waals surface area contributed by atoms with E-state index in [4.69, 9.17) is 28.4 Å². The highest BCUT2D eigenvalue weighted by Crippen LogP contribution is 1.98. The number of rotatable bonds is 19. The number of carbonyl (C=O) groups is 2. The largest absolute Gasteiger partial charge is 0.463 e. The van der Waals surface area contributed by atoms with E-state index in [-0.39, 0.29) is 38.3 Å². The molecule has 0 aromatic carbocycles. The van der Waals surface area contributed by atoms with Crippen LogP contribution in [-0.4, -0.2) is 77.0 Å². The van der Waals surface area contributed by atoms with Crippen LogP contribution in [0.25, 0.3) is 0 Å². The molecule has 0 aromatic rings. The van der Waals surface area contributed by atoms with Gasteiger partial charge in [0.2, 0.25) is 0 Å². The highest BCUT2D eigenvalue weighted by atomic mass is 16.6. The first-order valence-corrected chi connectivity index (χ1v) is 10.2. The molecule has 2 unspecified atom stereocenters. The lowest BCUT2D eigenvalue weighted by atomic mass is 10.3. The van der Waals surface area contributed by atoms with Crippen LogP contribution >= 0.6 is 0 Å². The predicted molar refractivity (Wildman–Crippen MR) is 104 cm³/mol. The number of hydrogen-bond acceptors (Lipinski definition) is 8. The molecule has 0 aliphatic carbocycles. The third kappa shape index (κ3) is 18.2. The molecule has 0 heterocycles. The summed E-state index contributed by atoms with van der Waals surface area (Å²) in [5.74, 6) is -0.898.